The molecule has 0 atom stereocenters. The molecular formula is C12H10ClFN2S. The minimum absolute atomic E-state index is 0.228. The fraction of sp³-hybridized carbons (Fsp3) is 0.250. The molecule has 0 saturated heterocycles. The number of aromatic nitrogens is 2. The van der Waals surface area contributed by atoms with Gasteiger partial charge in [0.25, 0.3) is 0 Å². The van der Waals surface area contributed by atoms with Crippen molar-refractivity contribution in [3.8, 4) is 0 Å². The van der Waals surface area contributed by atoms with E-state index in [0.717, 1.165) is 28.3 Å². The minimum atomic E-state index is -0.228. The maximum absolute atomic E-state index is 13.1. The Hall–Kier alpha value is -1.000. The molecule has 1 aromatic carbocycles. The van der Waals surface area contributed by atoms with Gasteiger partial charge in [-0.05, 0) is 17.7 Å². The predicted octanol–water partition coefficient (Wildman–Crippen LogP) is 3.47. The standard InChI is InChI=1S/C12H10ClFN2S/c13-12-10-6-17-7-11(10)15-16(12)5-8-2-1-3-9(14)4-8/h1-4H,5-7H2. The van der Waals surface area contributed by atoms with Gasteiger partial charge in [0.05, 0.1) is 12.2 Å². The number of halogens is 2. The van der Waals surface area contributed by atoms with Gasteiger partial charge >= 0.3 is 0 Å². The van der Waals surface area contributed by atoms with Crippen LogP contribution >= 0.6 is 23.4 Å². The highest BCUT2D eigenvalue weighted by Gasteiger charge is 2.21. The zero-order valence-corrected chi connectivity index (χ0v) is 10.6. The van der Waals surface area contributed by atoms with Crippen molar-refractivity contribution in [1.82, 2.24) is 9.78 Å². The smallest absolute Gasteiger partial charge is 0.131 e. The quantitative estimate of drug-likeness (QED) is 0.830. The highest BCUT2D eigenvalue weighted by Crippen LogP contribution is 2.34. The monoisotopic (exact) mass is 268 g/mol. The summed E-state index contributed by atoms with van der Waals surface area (Å²) in [5.74, 6) is 1.62. The molecule has 0 amide bonds. The van der Waals surface area contributed by atoms with Crippen molar-refractivity contribution >= 4 is 23.4 Å². The fourth-order valence-electron chi connectivity index (χ4n) is 1.95. The van der Waals surface area contributed by atoms with Gasteiger partial charge in [0.2, 0.25) is 0 Å². The Bertz CT molecular complexity index is 568. The molecular weight excluding hydrogens is 259 g/mol. The summed E-state index contributed by atoms with van der Waals surface area (Å²) in [7, 11) is 0. The summed E-state index contributed by atoms with van der Waals surface area (Å²) in [6.07, 6.45) is 0. The number of hydrogen-bond donors (Lipinski definition) is 0. The summed E-state index contributed by atoms with van der Waals surface area (Å²) in [4.78, 5) is 0. The number of hydrogen-bond acceptors (Lipinski definition) is 2. The predicted molar refractivity (Wildman–Crippen MR) is 67.7 cm³/mol. The van der Waals surface area contributed by atoms with E-state index in [-0.39, 0.29) is 5.82 Å². The maximum Gasteiger partial charge on any atom is 0.131 e. The third-order valence-electron chi connectivity index (χ3n) is 2.77. The lowest BCUT2D eigenvalue weighted by atomic mass is 10.2. The van der Waals surface area contributed by atoms with Gasteiger partial charge in [0.1, 0.15) is 11.0 Å². The molecule has 2 nitrogen and oxygen atoms in total. The first-order valence-corrected chi connectivity index (χ1v) is 6.83. The molecule has 0 radical (unpaired) electrons. The van der Waals surface area contributed by atoms with E-state index in [1.807, 2.05) is 17.8 Å². The van der Waals surface area contributed by atoms with Gasteiger partial charge in [-0.15, -0.1) is 0 Å². The molecule has 2 heterocycles. The molecule has 1 aromatic heterocycles. The minimum Gasteiger partial charge on any atom is -0.249 e. The van der Waals surface area contributed by atoms with Crippen LogP contribution in [0.5, 0.6) is 0 Å². The van der Waals surface area contributed by atoms with Crippen molar-refractivity contribution < 1.29 is 4.39 Å². The van der Waals surface area contributed by atoms with Crippen LogP contribution in [0.2, 0.25) is 5.15 Å². The molecule has 1 aliphatic heterocycles. The lowest BCUT2D eigenvalue weighted by molar-refractivity contribution is 0.618. The van der Waals surface area contributed by atoms with Crippen LogP contribution in [0.15, 0.2) is 24.3 Å². The van der Waals surface area contributed by atoms with Crippen molar-refractivity contribution in [2.24, 2.45) is 0 Å². The highest BCUT2D eigenvalue weighted by molar-refractivity contribution is 7.98. The first kappa shape index (κ1) is 11.1. The first-order valence-electron chi connectivity index (χ1n) is 5.30. The van der Waals surface area contributed by atoms with Gasteiger partial charge in [-0.2, -0.15) is 16.9 Å². The average molecular weight is 269 g/mol. The van der Waals surface area contributed by atoms with Gasteiger partial charge in [0, 0.05) is 17.1 Å². The van der Waals surface area contributed by atoms with Gasteiger partial charge < -0.3 is 0 Å². The van der Waals surface area contributed by atoms with E-state index in [0.29, 0.717) is 11.7 Å². The Morgan fingerprint density at radius 3 is 3.06 bits per heavy atom. The van der Waals surface area contributed by atoms with E-state index in [1.165, 1.54) is 12.1 Å². The first-order chi connectivity index (χ1) is 8.24. The van der Waals surface area contributed by atoms with E-state index < -0.39 is 0 Å². The largest absolute Gasteiger partial charge is 0.249 e. The van der Waals surface area contributed by atoms with Crippen molar-refractivity contribution in [1.29, 1.82) is 0 Å². The van der Waals surface area contributed by atoms with Crippen LogP contribution in [0.4, 0.5) is 4.39 Å². The summed E-state index contributed by atoms with van der Waals surface area (Å²) >= 11 is 8.07. The van der Waals surface area contributed by atoms with Gasteiger partial charge in [-0.3, -0.25) is 0 Å². The molecule has 0 aliphatic carbocycles. The molecule has 17 heavy (non-hydrogen) atoms. The molecule has 1 aliphatic rings. The van der Waals surface area contributed by atoms with Gasteiger partial charge in [0.15, 0.2) is 0 Å². The number of fused-ring (bicyclic) bond motifs is 1. The van der Waals surface area contributed by atoms with E-state index in [4.69, 9.17) is 11.6 Å². The molecule has 0 bridgehead atoms. The zero-order valence-electron chi connectivity index (χ0n) is 8.99. The van der Waals surface area contributed by atoms with E-state index in [9.17, 15) is 4.39 Å². The molecule has 0 unspecified atom stereocenters. The second-order valence-corrected chi connectivity index (χ2v) is 5.34. The Kier molecular flexibility index (Phi) is 2.84. The van der Waals surface area contributed by atoms with E-state index in [2.05, 4.69) is 5.10 Å². The molecule has 0 saturated carbocycles. The maximum atomic E-state index is 13.1. The van der Waals surface area contributed by atoms with Crippen LogP contribution in [0.1, 0.15) is 16.8 Å². The Labute approximate surface area is 108 Å². The summed E-state index contributed by atoms with van der Waals surface area (Å²) in [5.41, 5.74) is 3.07. The van der Waals surface area contributed by atoms with E-state index >= 15 is 0 Å². The molecule has 88 valence electrons. The lowest BCUT2D eigenvalue weighted by Crippen LogP contribution is -2.03. The van der Waals surface area contributed by atoms with Crippen molar-refractivity contribution in [3.63, 3.8) is 0 Å². The van der Waals surface area contributed by atoms with Crippen molar-refractivity contribution in [2.75, 3.05) is 0 Å². The third-order valence-corrected chi connectivity index (χ3v) is 4.17. The number of nitrogens with zero attached hydrogens (tertiary/aromatic N) is 2. The molecule has 5 heteroatoms. The van der Waals surface area contributed by atoms with Crippen molar-refractivity contribution in [3.05, 3.63) is 52.1 Å². The molecule has 3 rings (SSSR count). The van der Waals surface area contributed by atoms with Crippen LogP contribution in [0.3, 0.4) is 0 Å². The summed E-state index contributed by atoms with van der Waals surface area (Å²) in [5, 5.41) is 5.15. The van der Waals surface area contributed by atoms with Gasteiger partial charge in [-0.1, -0.05) is 23.7 Å². The van der Waals surface area contributed by atoms with Crippen molar-refractivity contribution in [2.45, 2.75) is 18.1 Å². The lowest BCUT2D eigenvalue weighted by Gasteiger charge is -2.04. The molecule has 0 N–H and O–H groups in total. The molecule has 2 aromatic rings. The van der Waals surface area contributed by atoms with Gasteiger partial charge in [-0.25, -0.2) is 9.07 Å². The number of rotatable bonds is 2. The summed E-state index contributed by atoms with van der Waals surface area (Å²) in [6, 6.07) is 6.52. The van der Waals surface area contributed by atoms with Crippen LogP contribution in [-0.4, -0.2) is 9.78 Å². The van der Waals surface area contributed by atoms with Crippen LogP contribution < -0.4 is 0 Å². The average Bonchev–Trinajstić information content (AvgIpc) is 2.84. The second kappa shape index (κ2) is 4.35. The van der Waals surface area contributed by atoms with Crippen LogP contribution in [-0.2, 0) is 18.1 Å². The number of benzene rings is 1. The zero-order chi connectivity index (χ0) is 11.8. The normalized spacial score (nSPS) is 14.0. The Balaban J connectivity index is 1.91. The SMILES string of the molecule is Fc1cccc(Cn2nc3c(c2Cl)CSC3)c1. The second-order valence-electron chi connectivity index (χ2n) is 4.00. The topological polar surface area (TPSA) is 17.8 Å². The van der Waals surface area contributed by atoms with Crippen LogP contribution in [0, 0.1) is 5.82 Å². The van der Waals surface area contributed by atoms with Crippen LogP contribution in [0.25, 0.3) is 0 Å². The summed E-state index contributed by atoms with van der Waals surface area (Å²) in [6.45, 7) is 0.522. The highest BCUT2D eigenvalue weighted by atomic mass is 35.5. The van der Waals surface area contributed by atoms with E-state index in [1.54, 1.807) is 10.7 Å². The fourth-order valence-corrected chi connectivity index (χ4v) is 3.33. The molecule has 0 spiro atoms. The third kappa shape index (κ3) is 2.07. The number of thioether (sulfide) groups is 1. The molecule has 0 fully saturated rings. The summed E-state index contributed by atoms with van der Waals surface area (Å²) < 4.78 is 14.8. The Morgan fingerprint density at radius 2 is 2.29 bits per heavy atom. The Morgan fingerprint density at radius 1 is 1.41 bits per heavy atom.